The molecule has 0 atom stereocenters. The molecule has 1 amide bonds. The summed E-state index contributed by atoms with van der Waals surface area (Å²) in [6, 6.07) is 3.01. The minimum Gasteiger partial charge on any atom is -0.467 e. The van der Waals surface area contributed by atoms with E-state index in [4.69, 9.17) is 4.74 Å². The molecule has 0 aliphatic carbocycles. The Kier molecular flexibility index (Phi) is 3.88. The molecule has 0 bridgehead atoms. The average Bonchev–Trinajstić information content (AvgIpc) is 2.41. The maximum Gasteiger partial charge on any atom is 0.316 e. The number of aromatic nitrogens is 2. The quantitative estimate of drug-likeness (QED) is 0.936. The molecule has 0 saturated carbocycles. The van der Waals surface area contributed by atoms with Gasteiger partial charge in [0.15, 0.2) is 0 Å². The Hall–Kier alpha value is -2.57. The summed E-state index contributed by atoms with van der Waals surface area (Å²) < 4.78 is 31.0. The molecule has 2 aromatic rings. The molecule has 104 valence electrons. The third-order valence-electron chi connectivity index (χ3n) is 2.56. The topological polar surface area (TPSA) is 64.1 Å². The SMILES string of the molecule is COc1ncc(C(=O)Nc2ccc(F)cc2F)c(C)n1. The summed E-state index contributed by atoms with van der Waals surface area (Å²) in [5.41, 5.74) is 0.443. The zero-order valence-electron chi connectivity index (χ0n) is 10.8. The second-order valence-corrected chi connectivity index (χ2v) is 3.93. The van der Waals surface area contributed by atoms with Gasteiger partial charge < -0.3 is 10.1 Å². The summed E-state index contributed by atoms with van der Waals surface area (Å²) in [6.45, 7) is 1.60. The van der Waals surface area contributed by atoms with Gasteiger partial charge in [0.1, 0.15) is 11.6 Å². The molecule has 0 spiro atoms. The number of hydrogen-bond acceptors (Lipinski definition) is 4. The predicted octanol–water partition coefficient (Wildman–Crippen LogP) is 2.32. The van der Waals surface area contributed by atoms with E-state index in [9.17, 15) is 13.6 Å². The molecule has 2 rings (SSSR count). The molecule has 20 heavy (non-hydrogen) atoms. The van der Waals surface area contributed by atoms with Gasteiger partial charge in [-0.25, -0.2) is 13.8 Å². The van der Waals surface area contributed by atoms with Gasteiger partial charge in [-0.1, -0.05) is 0 Å². The lowest BCUT2D eigenvalue weighted by atomic mass is 10.2. The number of carbonyl (C=O) groups excluding carboxylic acids is 1. The number of nitrogens with one attached hydrogen (secondary N) is 1. The number of aryl methyl sites for hydroxylation is 1. The van der Waals surface area contributed by atoms with Gasteiger partial charge in [-0.2, -0.15) is 4.98 Å². The lowest BCUT2D eigenvalue weighted by Gasteiger charge is -2.08. The van der Waals surface area contributed by atoms with Crippen LogP contribution in [0.2, 0.25) is 0 Å². The van der Waals surface area contributed by atoms with Crippen molar-refractivity contribution in [1.29, 1.82) is 0 Å². The molecule has 0 saturated heterocycles. The molecular formula is C13H11F2N3O2. The van der Waals surface area contributed by atoms with Gasteiger partial charge in [-0.15, -0.1) is 0 Å². The van der Waals surface area contributed by atoms with E-state index in [1.807, 2.05) is 0 Å². The highest BCUT2D eigenvalue weighted by Crippen LogP contribution is 2.17. The van der Waals surface area contributed by atoms with E-state index in [-0.39, 0.29) is 17.3 Å². The summed E-state index contributed by atoms with van der Waals surface area (Å²) in [6.07, 6.45) is 1.28. The van der Waals surface area contributed by atoms with Crippen LogP contribution in [-0.4, -0.2) is 23.0 Å². The third-order valence-corrected chi connectivity index (χ3v) is 2.56. The fourth-order valence-electron chi connectivity index (χ4n) is 1.55. The van der Waals surface area contributed by atoms with Crippen LogP contribution in [0.25, 0.3) is 0 Å². The Morgan fingerprint density at radius 1 is 1.35 bits per heavy atom. The summed E-state index contributed by atoms with van der Waals surface area (Å²) >= 11 is 0. The Balaban J connectivity index is 2.24. The standard InChI is InChI=1S/C13H11F2N3O2/c1-7-9(6-16-13(17-7)20-2)12(19)18-11-4-3-8(14)5-10(11)15/h3-6H,1-2H3,(H,18,19). The second-order valence-electron chi connectivity index (χ2n) is 3.93. The van der Waals surface area contributed by atoms with E-state index >= 15 is 0 Å². The van der Waals surface area contributed by atoms with E-state index in [0.717, 1.165) is 12.1 Å². The van der Waals surface area contributed by atoms with Crippen LogP contribution in [0.3, 0.4) is 0 Å². The maximum absolute atomic E-state index is 13.4. The molecule has 1 aromatic carbocycles. The predicted molar refractivity (Wildman–Crippen MR) is 67.6 cm³/mol. The van der Waals surface area contributed by atoms with Gasteiger partial charge in [0, 0.05) is 12.3 Å². The molecular weight excluding hydrogens is 268 g/mol. The Morgan fingerprint density at radius 2 is 2.10 bits per heavy atom. The molecule has 0 aliphatic heterocycles. The second kappa shape index (κ2) is 5.60. The fraction of sp³-hybridized carbons (Fsp3) is 0.154. The van der Waals surface area contributed by atoms with Crippen LogP contribution in [0, 0.1) is 18.6 Å². The summed E-state index contributed by atoms with van der Waals surface area (Å²) in [5.74, 6) is -2.16. The number of anilines is 1. The van der Waals surface area contributed by atoms with Crippen LogP contribution in [0.5, 0.6) is 6.01 Å². The van der Waals surface area contributed by atoms with Crippen LogP contribution in [0.1, 0.15) is 16.1 Å². The Labute approximate surface area is 113 Å². The lowest BCUT2D eigenvalue weighted by molar-refractivity contribution is 0.102. The molecule has 7 heteroatoms. The molecule has 1 heterocycles. The fourth-order valence-corrected chi connectivity index (χ4v) is 1.55. The lowest BCUT2D eigenvalue weighted by Crippen LogP contribution is -2.16. The number of benzene rings is 1. The summed E-state index contributed by atoms with van der Waals surface area (Å²) in [7, 11) is 1.41. The minimum atomic E-state index is -0.856. The number of carbonyl (C=O) groups is 1. The maximum atomic E-state index is 13.4. The van der Waals surface area contributed by atoms with E-state index in [0.29, 0.717) is 11.8 Å². The average molecular weight is 279 g/mol. The van der Waals surface area contributed by atoms with Crippen LogP contribution >= 0.6 is 0 Å². The van der Waals surface area contributed by atoms with Gasteiger partial charge in [-0.3, -0.25) is 4.79 Å². The highest BCUT2D eigenvalue weighted by atomic mass is 19.1. The first-order valence-corrected chi connectivity index (χ1v) is 5.65. The first kappa shape index (κ1) is 13.9. The van der Waals surface area contributed by atoms with Crippen LogP contribution in [-0.2, 0) is 0 Å². The first-order chi connectivity index (χ1) is 9.51. The molecule has 0 radical (unpaired) electrons. The zero-order chi connectivity index (χ0) is 14.7. The molecule has 0 fully saturated rings. The van der Waals surface area contributed by atoms with Gasteiger partial charge in [-0.05, 0) is 19.1 Å². The number of rotatable bonds is 3. The number of ether oxygens (including phenoxy) is 1. The van der Waals surface area contributed by atoms with Crippen molar-refractivity contribution in [3.05, 3.63) is 47.3 Å². The molecule has 0 aliphatic rings. The number of halogens is 2. The van der Waals surface area contributed by atoms with E-state index in [1.165, 1.54) is 13.3 Å². The molecule has 0 unspecified atom stereocenters. The largest absolute Gasteiger partial charge is 0.467 e. The number of methoxy groups -OCH3 is 1. The summed E-state index contributed by atoms with van der Waals surface area (Å²) in [4.78, 5) is 19.7. The van der Waals surface area contributed by atoms with E-state index in [1.54, 1.807) is 6.92 Å². The minimum absolute atomic E-state index is 0.119. The van der Waals surface area contributed by atoms with Crippen molar-refractivity contribution in [3.63, 3.8) is 0 Å². The Bertz CT molecular complexity index is 662. The van der Waals surface area contributed by atoms with Crippen molar-refractivity contribution >= 4 is 11.6 Å². The van der Waals surface area contributed by atoms with Gasteiger partial charge >= 0.3 is 6.01 Å². The first-order valence-electron chi connectivity index (χ1n) is 5.65. The van der Waals surface area contributed by atoms with Crippen LogP contribution < -0.4 is 10.1 Å². The Morgan fingerprint density at radius 3 is 2.70 bits per heavy atom. The monoisotopic (exact) mass is 279 g/mol. The van der Waals surface area contributed by atoms with Crippen molar-refractivity contribution in [2.24, 2.45) is 0 Å². The van der Waals surface area contributed by atoms with Gasteiger partial charge in [0.2, 0.25) is 0 Å². The van der Waals surface area contributed by atoms with Crippen molar-refractivity contribution in [2.45, 2.75) is 6.92 Å². The zero-order valence-corrected chi connectivity index (χ0v) is 10.8. The smallest absolute Gasteiger partial charge is 0.316 e. The molecule has 1 aromatic heterocycles. The van der Waals surface area contributed by atoms with Crippen molar-refractivity contribution in [1.82, 2.24) is 9.97 Å². The number of nitrogens with zero attached hydrogens (tertiary/aromatic N) is 2. The third kappa shape index (κ3) is 2.87. The van der Waals surface area contributed by atoms with E-state index < -0.39 is 17.5 Å². The van der Waals surface area contributed by atoms with Crippen molar-refractivity contribution in [2.75, 3.05) is 12.4 Å². The van der Waals surface area contributed by atoms with Crippen molar-refractivity contribution in [3.8, 4) is 6.01 Å². The number of amides is 1. The van der Waals surface area contributed by atoms with E-state index in [2.05, 4.69) is 15.3 Å². The normalized spacial score (nSPS) is 10.2. The molecule has 1 N–H and O–H groups in total. The van der Waals surface area contributed by atoms with Crippen molar-refractivity contribution < 1.29 is 18.3 Å². The highest BCUT2D eigenvalue weighted by molar-refractivity contribution is 6.04. The van der Waals surface area contributed by atoms with Gasteiger partial charge in [0.05, 0.1) is 24.1 Å². The summed E-state index contributed by atoms with van der Waals surface area (Å²) in [5, 5.41) is 2.33. The van der Waals surface area contributed by atoms with Crippen LogP contribution in [0.4, 0.5) is 14.5 Å². The van der Waals surface area contributed by atoms with Crippen LogP contribution in [0.15, 0.2) is 24.4 Å². The van der Waals surface area contributed by atoms with Gasteiger partial charge in [0.25, 0.3) is 5.91 Å². The highest BCUT2D eigenvalue weighted by Gasteiger charge is 2.14. The molecule has 5 nitrogen and oxygen atoms in total. The number of hydrogen-bond donors (Lipinski definition) is 1.